The summed E-state index contributed by atoms with van der Waals surface area (Å²) in [6, 6.07) is -0.360. The Morgan fingerprint density at radius 2 is 2.14 bits per heavy atom. The van der Waals surface area contributed by atoms with E-state index in [0.29, 0.717) is 12.8 Å². The molecule has 1 aliphatic carbocycles. The van der Waals surface area contributed by atoms with Gasteiger partial charge in [-0.25, -0.2) is 5.14 Å². The van der Waals surface area contributed by atoms with Gasteiger partial charge in [0, 0.05) is 12.0 Å². The third kappa shape index (κ3) is 2.82. The third-order valence-electron chi connectivity index (χ3n) is 2.33. The molecule has 8 heteroatoms. The van der Waals surface area contributed by atoms with Crippen LogP contribution in [0.15, 0.2) is 5.16 Å². The van der Waals surface area contributed by atoms with Gasteiger partial charge in [0.1, 0.15) is 5.84 Å². The molecule has 0 amide bonds. The minimum absolute atomic E-state index is 0.0450. The average Bonchev–Trinajstić information content (AvgIpc) is 2.48. The van der Waals surface area contributed by atoms with Crippen LogP contribution in [0, 0.1) is 5.92 Å². The van der Waals surface area contributed by atoms with E-state index < -0.39 is 10.2 Å². The van der Waals surface area contributed by atoms with Gasteiger partial charge >= 0.3 is 0 Å². The summed E-state index contributed by atoms with van der Waals surface area (Å²) in [6.45, 7) is 0. The fraction of sp³-hybridized carbons (Fsp3) is 0.833. The molecule has 0 aromatic carbocycles. The van der Waals surface area contributed by atoms with Gasteiger partial charge in [-0.2, -0.15) is 13.1 Å². The van der Waals surface area contributed by atoms with E-state index in [9.17, 15) is 8.42 Å². The van der Waals surface area contributed by atoms with Crippen LogP contribution < -0.4 is 15.6 Å². The van der Waals surface area contributed by atoms with Crippen molar-refractivity contribution in [2.24, 2.45) is 21.9 Å². The molecule has 82 valence electrons. The normalized spacial score (nSPS) is 29.4. The monoisotopic (exact) mass is 222 g/mol. The van der Waals surface area contributed by atoms with Crippen molar-refractivity contribution in [1.29, 1.82) is 0 Å². The van der Waals surface area contributed by atoms with Crippen molar-refractivity contribution in [2.45, 2.75) is 25.3 Å². The number of nitrogens with zero attached hydrogens (tertiary/aromatic N) is 1. The molecular weight excluding hydrogens is 208 g/mol. The first kappa shape index (κ1) is 11.2. The second-order valence-electron chi connectivity index (χ2n) is 3.33. The van der Waals surface area contributed by atoms with E-state index in [2.05, 4.69) is 9.88 Å². The molecular formula is C6H14N4O3S. The quantitative estimate of drug-likeness (QED) is 0.204. The van der Waals surface area contributed by atoms with E-state index in [1.807, 2.05) is 0 Å². The molecule has 0 radical (unpaired) electrons. The maximum absolute atomic E-state index is 10.8. The van der Waals surface area contributed by atoms with E-state index in [-0.39, 0.29) is 17.8 Å². The summed E-state index contributed by atoms with van der Waals surface area (Å²) < 4.78 is 23.8. The highest BCUT2D eigenvalue weighted by Gasteiger charge is 2.32. The Bertz CT molecular complexity index is 326. The zero-order valence-electron chi connectivity index (χ0n) is 7.55. The van der Waals surface area contributed by atoms with Crippen molar-refractivity contribution in [3.63, 3.8) is 0 Å². The Morgan fingerprint density at radius 3 is 2.64 bits per heavy atom. The lowest BCUT2D eigenvalue weighted by Gasteiger charge is -2.17. The van der Waals surface area contributed by atoms with Gasteiger partial charge in [0.2, 0.25) is 0 Å². The second kappa shape index (κ2) is 4.11. The van der Waals surface area contributed by atoms with Gasteiger partial charge < -0.3 is 10.9 Å². The summed E-state index contributed by atoms with van der Waals surface area (Å²) in [5.41, 5.74) is 5.41. The molecule has 1 aliphatic rings. The summed E-state index contributed by atoms with van der Waals surface area (Å²) >= 11 is 0. The van der Waals surface area contributed by atoms with Crippen molar-refractivity contribution in [3.05, 3.63) is 0 Å². The highest BCUT2D eigenvalue weighted by atomic mass is 32.2. The fourth-order valence-electron chi connectivity index (χ4n) is 1.74. The van der Waals surface area contributed by atoms with Crippen LogP contribution in [0.1, 0.15) is 19.3 Å². The minimum atomic E-state index is -3.72. The number of nitrogens with two attached hydrogens (primary N) is 2. The molecule has 1 rings (SSSR count). The lowest BCUT2D eigenvalue weighted by atomic mass is 10.0. The molecule has 1 fully saturated rings. The Balaban J connectivity index is 2.70. The van der Waals surface area contributed by atoms with Gasteiger partial charge in [-0.05, 0) is 12.8 Å². The summed E-state index contributed by atoms with van der Waals surface area (Å²) in [7, 11) is -3.72. The molecule has 0 aromatic rings. The zero-order chi connectivity index (χ0) is 10.8. The van der Waals surface area contributed by atoms with Crippen molar-refractivity contribution in [2.75, 3.05) is 0 Å². The van der Waals surface area contributed by atoms with Gasteiger partial charge in [-0.1, -0.05) is 11.6 Å². The molecule has 2 atom stereocenters. The van der Waals surface area contributed by atoms with E-state index >= 15 is 0 Å². The number of hydrogen-bond acceptors (Lipinski definition) is 4. The minimum Gasteiger partial charge on any atom is -0.409 e. The van der Waals surface area contributed by atoms with E-state index in [1.165, 1.54) is 0 Å². The molecule has 7 nitrogen and oxygen atoms in total. The van der Waals surface area contributed by atoms with E-state index in [0.717, 1.165) is 6.42 Å². The Hall–Kier alpha value is -0.860. The van der Waals surface area contributed by atoms with Crippen LogP contribution in [0.2, 0.25) is 0 Å². The van der Waals surface area contributed by atoms with Gasteiger partial charge in [0.25, 0.3) is 10.2 Å². The summed E-state index contributed by atoms with van der Waals surface area (Å²) in [5.74, 6) is -0.220. The molecule has 0 aliphatic heterocycles. The highest BCUT2D eigenvalue weighted by Crippen LogP contribution is 2.25. The molecule has 2 unspecified atom stereocenters. The predicted octanol–water partition coefficient (Wildman–Crippen LogP) is -1.31. The largest absolute Gasteiger partial charge is 0.409 e. The lowest BCUT2D eigenvalue weighted by molar-refractivity contribution is 0.312. The summed E-state index contributed by atoms with van der Waals surface area (Å²) in [4.78, 5) is 0. The van der Waals surface area contributed by atoms with Crippen LogP contribution in [0.25, 0.3) is 0 Å². The standard InChI is InChI=1S/C6H14N4O3S/c7-6(9-11)4-2-1-3-5(4)10-14(8,12)13/h4-5,10-11H,1-3H2,(H2,7,9)(H2,8,12,13). The van der Waals surface area contributed by atoms with Crippen molar-refractivity contribution in [3.8, 4) is 0 Å². The van der Waals surface area contributed by atoms with Gasteiger partial charge in [-0.3, -0.25) is 0 Å². The third-order valence-corrected chi connectivity index (χ3v) is 2.96. The Morgan fingerprint density at radius 1 is 1.50 bits per heavy atom. The van der Waals surface area contributed by atoms with E-state index in [4.69, 9.17) is 16.1 Å². The van der Waals surface area contributed by atoms with Crippen LogP contribution in [0.5, 0.6) is 0 Å². The maximum atomic E-state index is 10.8. The number of rotatable bonds is 3. The van der Waals surface area contributed by atoms with Gasteiger partial charge in [0.15, 0.2) is 0 Å². The van der Waals surface area contributed by atoms with Crippen LogP contribution in [-0.2, 0) is 10.2 Å². The van der Waals surface area contributed by atoms with Crippen LogP contribution >= 0.6 is 0 Å². The summed E-state index contributed by atoms with van der Waals surface area (Å²) in [6.07, 6.45) is 2.18. The predicted molar refractivity (Wildman–Crippen MR) is 50.8 cm³/mol. The Labute approximate surface area is 82.3 Å². The van der Waals surface area contributed by atoms with Gasteiger partial charge in [0.05, 0.1) is 0 Å². The number of hydrogen-bond donors (Lipinski definition) is 4. The summed E-state index contributed by atoms with van der Waals surface area (Å²) in [5, 5.41) is 16.2. The first-order valence-corrected chi connectivity index (χ1v) is 5.76. The molecule has 0 aromatic heterocycles. The number of nitrogens with one attached hydrogen (secondary N) is 1. The molecule has 0 bridgehead atoms. The highest BCUT2D eigenvalue weighted by molar-refractivity contribution is 7.87. The van der Waals surface area contributed by atoms with Gasteiger partial charge in [-0.15, -0.1) is 0 Å². The Kier molecular flexibility index (Phi) is 3.29. The molecule has 0 saturated heterocycles. The average molecular weight is 222 g/mol. The molecule has 0 spiro atoms. The second-order valence-corrected chi connectivity index (χ2v) is 4.66. The van der Waals surface area contributed by atoms with E-state index in [1.54, 1.807) is 0 Å². The molecule has 0 heterocycles. The first-order chi connectivity index (χ1) is 6.44. The number of amidine groups is 1. The maximum Gasteiger partial charge on any atom is 0.274 e. The lowest BCUT2D eigenvalue weighted by Crippen LogP contribution is -2.45. The van der Waals surface area contributed by atoms with Crippen molar-refractivity contribution < 1.29 is 13.6 Å². The smallest absolute Gasteiger partial charge is 0.274 e. The van der Waals surface area contributed by atoms with Crippen molar-refractivity contribution in [1.82, 2.24) is 4.72 Å². The van der Waals surface area contributed by atoms with Crippen LogP contribution in [-0.4, -0.2) is 25.5 Å². The van der Waals surface area contributed by atoms with Crippen LogP contribution in [0.4, 0.5) is 0 Å². The molecule has 6 N–H and O–H groups in total. The fourth-order valence-corrected chi connectivity index (χ4v) is 2.44. The number of oxime groups is 1. The van der Waals surface area contributed by atoms with Crippen molar-refractivity contribution >= 4 is 16.0 Å². The van der Waals surface area contributed by atoms with Crippen LogP contribution in [0.3, 0.4) is 0 Å². The zero-order valence-corrected chi connectivity index (χ0v) is 8.37. The first-order valence-electron chi connectivity index (χ1n) is 4.21. The topological polar surface area (TPSA) is 131 Å². The molecule has 14 heavy (non-hydrogen) atoms. The SMILES string of the molecule is NC(=NO)C1CCCC1NS(N)(=O)=O. The molecule has 1 saturated carbocycles.